The monoisotopic (exact) mass is 237 g/mol. The number of carbonyl (C=O) groups is 1. The van der Waals surface area contributed by atoms with E-state index in [0.29, 0.717) is 6.54 Å². The summed E-state index contributed by atoms with van der Waals surface area (Å²) in [6.07, 6.45) is 3.15. The maximum atomic E-state index is 13.4. The Bertz CT molecular complexity index is 429. The molecule has 0 spiro atoms. The minimum atomic E-state index is -0.420. The highest BCUT2D eigenvalue weighted by Crippen LogP contribution is 2.18. The van der Waals surface area contributed by atoms with Gasteiger partial charge in [-0.25, -0.2) is 4.39 Å². The van der Waals surface area contributed by atoms with E-state index in [9.17, 15) is 9.18 Å². The van der Waals surface area contributed by atoms with Crippen LogP contribution >= 0.6 is 0 Å². The summed E-state index contributed by atoms with van der Waals surface area (Å²) in [6.45, 7) is 2.14. The summed E-state index contributed by atoms with van der Waals surface area (Å²) in [7, 11) is 3.09. The SMILES string of the molecule is CC=CC(=O)N(C)Cc1ccc(OC)c(F)c1. The second-order valence-electron chi connectivity index (χ2n) is 3.66. The van der Waals surface area contributed by atoms with E-state index in [2.05, 4.69) is 0 Å². The number of likely N-dealkylation sites (N-methyl/N-ethyl adjacent to an activating group) is 1. The van der Waals surface area contributed by atoms with Gasteiger partial charge in [-0.2, -0.15) is 0 Å². The molecule has 1 aromatic carbocycles. The molecule has 4 heteroatoms. The topological polar surface area (TPSA) is 29.5 Å². The Morgan fingerprint density at radius 2 is 2.24 bits per heavy atom. The predicted octanol–water partition coefficient (Wildman–Crippen LogP) is 2.37. The fourth-order valence-electron chi connectivity index (χ4n) is 1.43. The van der Waals surface area contributed by atoms with Gasteiger partial charge in [0.2, 0.25) is 5.91 Å². The number of nitrogens with zero attached hydrogens (tertiary/aromatic N) is 1. The van der Waals surface area contributed by atoms with Crippen molar-refractivity contribution in [2.75, 3.05) is 14.2 Å². The van der Waals surface area contributed by atoms with Gasteiger partial charge < -0.3 is 9.64 Å². The maximum Gasteiger partial charge on any atom is 0.246 e. The molecule has 0 saturated carbocycles. The second kappa shape index (κ2) is 6.03. The van der Waals surface area contributed by atoms with Crippen LogP contribution in [0, 0.1) is 5.82 Å². The number of methoxy groups -OCH3 is 1. The Morgan fingerprint density at radius 3 is 2.76 bits per heavy atom. The van der Waals surface area contributed by atoms with Crippen molar-refractivity contribution in [1.29, 1.82) is 0 Å². The van der Waals surface area contributed by atoms with Crippen molar-refractivity contribution in [3.05, 3.63) is 41.7 Å². The Labute approximate surface area is 100 Å². The lowest BCUT2D eigenvalue weighted by molar-refractivity contribution is -0.125. The number of rotatable bonds is 4. The van der Waals surface area contributed by atoms with E-state index < -0.39 is 5.82 Å². The van der Waals surface area contributed by atoms with E-state index >= 15 is 0 Å². The Hall–Kier alpha value is -1.84. The van der Waals surface area contributed by atoms with Gasteiger partial charge in [-0.3, -0.25) is 4.79 Å². The first-order valence-electron chi connectivity index (χ1n) is 5.28. The quantitative estimate of drug-likeness (QED) is 0.752. The van der Waals surface area contributed by atoms with Gasteiger partial charge in [-0.05, 0) is 30.7 Å². The van der Waals surface area contributed by atoms with Gasteiger partial charge >= 0.3 is 0 Å². The molecule has 17 heavy (non-hydrogen) atoms. The fraction of sp³-hybridized carbons (Fsp3) is 0.308. The Kier molecular flexibility index (Phi) is 4.69. The van der Waals surface area contributed by atoms with Gasteiger partial charge in [0.1, 0.15) is 0 Å². The molecule has 0 aliphatic rings. The molecule has 0 saturated heterocycles. The number of benzene rings is 1. The number of carbonyl (C=O) groups excluding carboxylic acids is 1. The highest BCUT2D eigenvalue weighted by atomic mass is 19.1. The van der Waals surface area contributed by atoms with Crippen LogP contribution in [-0.2, 0) is 11.3 Å². The Morgan fingerprint density at radius 1 is 1.53 bits per heavy atom. The molecule has 0 aliphatic heterocycles. The lowest BCUT2D eigenvalue weighted by Gasteiger charge is -2.15. The molecule has 0 aliphatic carbocycles. The standard InChI is InChI=1S/C13H16FNO2/c1-4-5-13(16)15(2)9-10-6-7-12(17-3)11(14)8-10/h4-8H,9H2,1-3H3. The van der Waals surface area contributed by atoms with Crippen LogP contribution in [0.4, 0.5) is 4.39 Å². The van der Waals surface area contributed by atoms with E-state index in [1.54, 1.807) is 32.2 Å². The van der Waals surface area contributed by atoms with Crippen molar-refractivity contribution >= 4 is 5.91 Å². The van der Waals surface area contributed by atoms with Crippen LogP contribution in [0.2, 0.25) is 0 Å². The lowest BCUT2D eigenvalue weighted by atomic mass is 10.2. The number of allylic oxidation sites excluding steroid dienone is 1. The van der Waals surface area contributed by atoms with Crippen molar-refractivity contribution in [3.63, 3.8) is 0 Å². The van der Waals surface area contributed by atoms with Crippen LogP contribution in [0.5, 0.6) is 5.75 Å². The van der Waals surface area contributed by atoms with Crippen molar-refractivity contribution in [3.8, 4) is 5.75 Å². The maximum absolute atomic E-state index is 13.4. The normalized spacial score (nSPS) is 10.6. The molecule has 1 rings (SSSR count). The second-order valence-corrected chi connectivity index (χ2v) is 3.66. The van der Waals surface area contributed by atoms with E-state index in [0.717, 1.165) is 5.56 Å². The first-order chi connectivity index (χ1) is 8.08. The van der Waals surface area contributed by atoms with Crippen LogP contribution in [0.3, 0.4) is 0 Å². The molecule has 1 aromatic rings. The molecule has 0 N–H and O–H groups in total. The van der Waals surface area contributed by atoms with Gasteiger partial charge in [0.25, 0.3) is 0 Å². The molecule has 0 unspecified atom stereocenters. The summed E-state index contributed by atoms with van der Waals surface area (Å²) < 4.78 is 18.2. The van der Waals surface area contributed by atoms with E-state index in [-0.39, 0.29) is 11.7 Å². The van der Waals surface area contributed by atoms with Gasteiger partial charge in [0.15, 0.2) is 11.6 Å². The third-order valence-electron chi connectivity index (χ3n) is 2.32. The van der Waals surface area contributed by atoms with Gasteiger partial charge in [0, 0.05) is 13.6 Å². The first-order valence-corrected chi connectivity index (χ1v) is 5.28. The summed E-state index contributed by atoms with van der Waals surface area (Å²) in [4.78, 5) is 13.0. The number of halogens is 1. The third-order valence-corrected chi connectivity index (χ3v) is 2.32. The summed E-state index contributed by atoms with van der Waals surface area (Å²) in [5.74, 6) is -0.322. The average Bonchev–Trinajstić information content (AvgIpc) is 2.29. The van der Waals surface area contributed by atoms with Crippen molar-refractivity contribution in [1.82, 2.24) is 4.90 Å². The van der Waals surface area contributed by atoms with E-state index in [1.807, 2.05) is 0 Å². The summed E-state index contributed by atoms with van der Waals surface area (Å²) in [5, 5.41) is 0. The van der Waals surface area contributed by atoms with Crippen LogP contribution in [0.15, 0.2) is 30.4 Å². The smallest absolute Gasteiger partial charge is 0.246 e. The van der Waals surface area contributed by atoms with Crippen molar-refractivity contribution in [2.24, 2.45) is 0 Å². The van der Waals surface area contributed by atoms with Crippen molar-refractivity contribution in [2.45, 2.75) is 13.5 Å². The Balaban J connectivity index is 2.75. The highest BCUT2D eigenvalue weighted by molar-refractivity contribution is 5.87. The van der Waals surface area contributed by atoms with Gasteiger partial charge in [-0.15, -0.1) is 0 Å². The number of hydrogen-bond donors (Lipinski definition) is 0. The summed E-state index contributed by atoms with van der Waals surface area (Å²) in [5.41, 5.74) is 0.726. The summed E-state index contributed by atoms with van der Waals surface area (Å²) >= 11 is 0. The molecular formula is C13H16FNO2. The van der Waals surface area contributed by atoms with Crippen LogP contribution in [0.1, 0.15) is 12.5 Å². The molecule has 92 valence electrons. The molecule has 0 radical (unpaired) electrons. The lowest BCUT2D eigenvalue weighted by Crippen LogP contribution is -2.24. The molecular weight excluding hydrogens is 221 g/mol. The van der Waals surface area contributed by atoms with E-state index in [4.69, 9.17) is 4.74 Å². The molecule has 0 heterocycles. The zero-order valence-corrected chi connectivity index (χ0v) is 10.2. The molecule has 0 atom stereocenters. The van der Waals surface area contributed by atoms with Crippen LogP contribution < -0.4 is 4.74 Å². The predicted molar refractivity (Wildman–Crippen MR) is 64.2 cm³/mol. The molecule has 0 fully saturated rings. The highest BCUT2D eigenvalue weighted by Gasteiger charge is 2.08. The summed E-state index contributed by atoms with van der Waals surface area (Å²) in [6, 6.07) is 4.66. The van der Waals surface area contributed by atoms with Gasteiger partial charge in [-0.1, -0.05) is 12.1 Å². The fourth-order valence-corrected chi connectivity index (χ4v) is 1.43. The zero-order chi connectivity index (χ0) is 12.8. The molecule has 1 amide bonds. The van der Waals surface area contributed by atoms with Crippen LogP contribution in [0.25, 0.3) is 0 Å². The number of amides is 1. The molecule has 0 aromatic heterocycles. The number of hydrogen-bond acceptors (Lipinski definition) is 2. The van der Waals surface area contributed by atoms with Crippen molar-refractivity contribution < 1.29 is 13.9 Å². The molecule has 0 bridgehead atoms. The zero-order valence-electron chi connectivity index (χ0n) is 10.2. The largest absolute Gasteiger partial charge is 0.494 e. The minimum Gasteiger partial charge on any atom is -0.494 e. The van der Waals surface area contributed by atoms with Gasteiger partial charge in [0.05, 0.1) is 7.11 Å². The average molecular weight is 237 g/mol. The van der Waals surface area contributed by atoms with E-state index in [1.165, 1.54) is 24.2 Å². The number of ether oxygens (including phenoxy) is 1. The minimum absolute atomic E-state index is 0.108. The van der Waals surface area contributed by atoms with Crippen LogP contribution in [-0.4, -0.2) is 25.0 Å². The third kappa shape index (κ3) is 3.59. The molecule has 3 nitrogen and oxygen atoms in total. The first kappa shape index (κ1) is 13.2.